The first-order valence-electron chi connectivity index (χ1n) is 5.37. The molecule has 1 saturated heterocycles. The van der Waals surface area contributed by atoms with E-state index < -0.39 is 0 Å². The van der Waals surface area contributed by atoms with E-state index in [1.54, 1.807) is 0 Å². The summed E-state index contributed by atoms with van der Waals surface area (Å²) in [6.07, 6.45) is 6.01. The van der Waals surface area contributed by atoms with Crippen molar-refractivity contribution in [3.8, 4) is 0 Å². The zero-order chi connectivity index (χ0) is 9.10. The minimum Gasteiger partial charge on any atom is -0.355 e. The second-order valence-corrected chi connectivity index (χ2v) is 4.19. The highest BCUT2D eigenvalue weighted by Crippen LogP contribution is 2.27. The summed E-state index contributed by atoms with van der Waals surface area (Å²) in [5, 5.41) is 6.30. The fraction of sp³-hybridized carbons (Fsp3) is 0.900. The van der Waals surface area contributed by atoms with Crippen LogP contribution < -0.4 is 10.6 Å². The van der Waals surface area contributed by atoms with Crippen LogP contribution in [0, 0.1) is 5.92 Å². The van der Waals surface area contributed by atoms with Crippen LogP contribution in [-0.2, 0) is 4.79 Å². The molecular weight excluding hydrogens is 164 g/mol. The van der Waals surface area contributed by atoms with Gasteiger partial charge in [0.2, 0.25) is 5.91 Å². The maximum atomic E-state index is 11.5. The van der Waals surface area contributed by atoms with E-state index in [-0.39, 0.29) is 11.9 Å². The highest BCUT2D eigenvalue weighted by Gasteiger charge is 2.25. The Bertz CT molecular complexity index is 189. The van der Waals surface area contributed by atoms with E-state index in [4.69, 9.17) is 0 Å². The smallest absolute Gasteiger partial charge is 0.237 e. The van der Waals surface area contributed by atoms with Crippen molar-refractivity contribution in [2.75, 3.05) is 13.1 Å². The average molecular weight is 182 g/mol. The van der Waals surface area contributed by atoms with Crippen LogP contribution in [0.4, 0.5) is 0 Å². The number of amides is 1. The molecule has 2 rings (SSSR count). The zero-order valence-electron chi connectivity index (χ0n) is 8.01. The summed E-state index contributed by atoms with van der Waals surface area (Å²) < 4.78 is 0. The number of rotatable bonds is 3. The van der Waals surface area contributed by atoms with Gasteiger partial charge in [0.25, 0.3) is 0 Å². The maximum absolute atomic E-state index is 11.5. The van der Waals surface area contributed by atoms with Crippen molar-refractivity contribution in [1.82, 2.24) is 10.6 Å². The molecule has 0 bridgehead atoms. The molecule has 3 nitrogen and oxygen atoms in total. The van der Waals surface area contributed by atoms with Gasteiger partial charge >= 0.3 is 0 Å². The first-order valence-corrected chi connectivity index (χ1v) is 5.37. The zero-order valence-corrected chi connectivity index (χ0v) is 8.01. The minimum absolute atomic E-state index is 0.0862. The molecule has 1 heterocycles. The van der Waals surface area contributed by atoms with Crippen LogP contribution in [0.15, 0.2) is 0 Å². The van der Waals surface area contributed by atoms with Crippen LogP contribution in [0.2, 0.25) is 0 Å². The molecule has 3 heteroatoms. The molecule has 1 aliphatic heterocycles. The fourth-order valence-corrected chi connectivity index (χ4v) is 1.77. The van der Waals surface area contributed by atoms with Gasteiger partial charge in [0, 0.05) is 6.54 Å². The summed E-state index contributed by atoms with van der Waals surface area (Å²) in [7, 11) is 0. The van der Waals surface area contributed by atoms with E-state index in [0.29, 0.717) is 0 Å². The van der Waals surface area contributed by atoms with Crippen molar-refractivity contribution in [3.63, 3.8) is 0 Å². The first kappa shape index (κ1) is 9.00. The van der Waals surface area contributed by atoms with Crippen molar-refractivity contribution < 1.29 is 4.79 Å². The quantitative estimate of drug-likeness (QED) is 0.673. The maximum Gasteiger partial charge on any atom is 0.237 e. The first-order chi connectivity index (χ1) is 6.36. The van der Waals surface area contributed by atoms with Crippen LogP contribution in [0.1, 0.15) is 32.1 Å². The van der Waals surface area contributed by atoms with Gasteiger partial charge in [0.15, 0.2) is 0 Å². The Morgan fingerprint density at radius 2 is 2.15 bits per heavy atom. The molecule has 1 aliphatic carbocycles. The minimum atomic E-state index is 0.0862. The summed E-state index contributed by atoms with van der Waals surface area (Å²) in [6.45, 7) is 1.90. The molecule has 0 spiro atoms. The predicted molar refractivity (Wildman–Crippen MR) is 51.4 cm³/mol. The van der Waals surface area contributed by atoms with Crippen molar-refractivity contribution >= 4 is 5.91 Å². The summed E-state index contributed by atoms with van der Waals surface area (Å²) in [4.78, 5) is 11.5. The van der Waals surface area contributed by atoms with E-state index in [1.165, 1.54) is 19.3 Å². The van der Waals surface area contributed by atoms with E-state index in [0.717, 1.165) is 31.8 Å². The lowest BCUT2D eigenvalue weighted by molar-refractivity contribution is -0.122. The molecule has 0 radical (unpaired) electrons. The lowest BCUT2D eigenvalue weighted by atomic mass is 10.1. The van der Waals surface area contributed by atoms with Crippen LogP contribution in [0.5, 0.6) is 0 Å². The van der Waals surface area contributed by atoms with Gasteiger partial charge in [-0.1, -0.05) is 0 Å². The Morgan fingerprint density at radius 1 is 1.31 bits per heavy atom. The van der Waals surface area contributed by atoms with E-state index in [9.17, 15) is 4.79 Å². The molecule has 2 fully saturated rings. The molecule has 13 heavy (non-hydrogen) atoms. The monoisotopic (exact) mass is 182 g/mol. The third-order valence-electron chi connectivity index (χ3n) is 2.89. The van der Waals surface area contributed by atoms with Crippen LogP contribution in [0.3, 0.4) is 0 Å². The number of nitrogens with one attached hydrogen (secondary N) is 2. The van der Waals surface area contributed by atoms with E-state index >= 15 is 0 Å². The Labute approximate surface area is 79.3 Å². The molecule has 1 atom stereocenters. The predicted octanol–water partition coefficient (Wildman–Crippen LogP) is 0.655. The van der Waals surface area contributed by atoms with Crippen LogP contribution in [0.25, 0.3) is 0 Å². The van der Waals surface area contributed by atoms with Crippen molar-refractivity contribution in [2.45, 2.75) is 38.1 Å². The van der Waals surface area contributed by atoms with Gasteiger partial charge in [-0.3, -0.25) is 4.79 Å². The van der Waals surface area contributed by atoms with Gasteiger partial charge in [-0.25, -0.2) is 0 Å². The van der Waals surface area contributed by atoms with Crippen LogP contribution in [-0.4, -0.2) is 25.0 Å². The topological polar surface area (TPSA) is 41.1 Å². The highest BCUT2D eigenvalue weighted by atomic mass is 16.2. The van der Waals surface area contributed by atoms with Gasteiger partial charge < -0.3 is 10.6 Å². The Morgan fingerprint density at radius 3 is 2.92 bits per heavy atom. The van der Waals surface area contributed by atoms with Crippen molar-refractivity contribution in [3.05, 3.63) is 0 Å². The highest BCUT2D eigenvalue weighted by molar-refractivity contribution is 5.81. The summed E-state index contributed by atoms with van der Waals surface area (Å²) in [5.74, 6) is 1.06. The molecule has 2 aliphatic rings. The lowest BCUT2D eigenvalue weighted by Crippen LogP contribution is -2.43. The number of hydrogen-bond donors (Lipinski definition) is 2. The van der Waals surface area contributed by atoms with E-state index in [1.807, 2.05) is 0 Å². The largest absolute Gasteiger partial charge is 0.355 e. The molecule has 0 aromatic heterocycles. The number of carbonyl (C=O) groups excluding carboxylic acids is 1. The fourth-order valence-electron chi connectivity index (χ4n) is 1.77. The molecule has 1 saturated carbocycles. The normalized spacial score (nSPS) is 29.5. The lowest BCUT2D eigenvalue weighted by Gasteiger charge is -2.14. The average Bonchev–Trinajstić information content (AvgIpc) is 2.90. The van der Waals surface area contributed by atoms with Gasteiger partial charge in [-0.2, -0.15) is 0 Å². The van der Waals surface area contributed by atoms with E-state index in [2.05, 4.69) is 10.6 Å². The summed E-state index contributed by atoms with van der Waals surface area (Å²) in [5.41, 5.74) is 0. The van der Waals surface area contributed by atoms with Crippen LogP contribution >= 0.6 is 0 Å². The van der Waals surface area contributed by atoms with Crippen molar-refractivity contribution in [2.24, 2.45) is 5.92 Å². The summed E-state index contributed by atoms with van der Waals surface area (Å²) >= 11 is 0. The second kappa shape index (κ2) is 4.09. The Kier molecular flexibility index (Phi) is 2.83. The molecule has 1 amide bonds. The second-order valence-electron chi connectivity index (χ2n) is 4.19. The molecule has 0 aromatic rings. The third-order valence-corrected chi connectivity index (χ3v) is 2.89. The SMILES string of the molecule is O=C1NCCCC[C@@H]1NCC1CC1. The Hall–Kier alpha value is -0.570. The van der Waals surface area contributed by atoms with Gasteiger partial charge in [0.05, 0.1) is 6.04 Å². The molecule has 2 N–H and O–H groups in total. The third kappa shape index (κ3) is 2.69. The molecule has 74 valence electrons. The van der Waals surface area contributed by atoms with Gasteiger partial charge in [-0.05, 0) is 44.6 Å². The standard InChI is InChI=1S/C10H18N2O/c13-10-9(3-1-2-6-11-10)12-7-8-4-5-8/h8-9,12H,1-7H2,(H,11,13)/t9-/m0/s1. The molecular formula is C10H18N2O. The number of hydrogen-bond acceptors (Lipinski definition) is 2. The summed E-state index contributed by atoms with van der Waals surface area (Å²) in [6, 6.07) is 0.0862. The molecule has 0 aromatic carbocycles. The van der Waals surface area contributed by atoms with Gasteiger partial charge in [0.1, 0.15) is 0 Å². The Balaban J connectivity index is 1.76. The molecule has 0 unspecified atom stereocenters. The van der Waals surface area contributed by atoms with Crippen molar-refractivity contribution in [1.29, 1.82) is 0 Å². The van der Waals surface area contributed by atoms with Gasteiger partial charge in [-0.15, -0.1) is 0 Å². The number of carbonyl (C=O) groups is 1.